The molecule has 22 heavy (non-hydrogen) atoms. The molecule has 1 spiro atoms. The van der Waals surface area contributed by atoms with E-state index in [1.807, 2.05) is 7.05 Å². The van der Waals surface area contributed by atoms with Crippen molar-refractivity contribution in [2.45, 2.75) is 19.3 Å². The third-order valence-corrected chi connectivity index (χ3v) is 4.67. The summed E-state index contributed by atoms with van der Waals surface area (Å²) in [5.74, 6) is 1.04. The summed E-state index contributed by atoms with van der Waals surface area (Å²) in [6.45, 7) is 4.95. The fourth-order valence-electron chi connectivity index (χ4n) is 3.38. The lowest BCUT2D eigenvalue weighted by molar-refractivity contribution is 0.156. The van der Waals surface area contributed by atoms with E-state index in [0.717, 1.165) is 45.2 Å². The van der Waals surface area contributed by atoms with Gasteiger partial charge in [-0.15, -0.1) is 24.0 Å². The summed E-state index contributed by atoms with van der Waals surface area (Å²) in [5, 5.41) is 3.50. The molecule has 0 aromatic heterocycles. The molecule has 1 aromatic rings. The average molecular weight is 415 g/mol. The van der Waals surface area contributed by atoms with E-state index >= 15 is 0 Å². The van der Waals surface area contributed by atoms with Crippen LogP contribution in [0.1, 0.15) is 18.4 Å². The van der Waals surface area contributed by atoms with Crippen molar-refractivity contribution in [2.75, 3.05) is 39.9 Å². The van der Waals surface area contributed by atoms with E-state index in [-0.39, 0.29) is 24.0 Å². The van der Waals surface area contributed by atoms with Crippen molar-refractivity contribution < 1.29 is 4.74 Å². The summed E-state index contributed by atoms with van der Waals surface area (Å²) < 4.78 is 5.60. The quantitative estimate of drug-likeness (QED) is 0.469. The number of halogens is 1. The SMILES string of the molecule is CN=C(NCCc1ccccc1)N1CCC2(CCOC2)C1.I. The van der Waals surface area contributed by atoms with Crippen molar-refractivity contribution in [3.63, 3.8) is 0 Å². The molecule has 4 nitrogen and oxygen atoms in total. The molecule has 2 aliphatic rings. The Kier molecular flexibility index (Phi) is 6.50. The normalized spacial score (nSPS) is 24.6. The van der Waals surface area contributed by atoms with Crippen molar-refractivity contribution in [2.24, 2.45) is 10.4 Å². The number of nitrogens with zero attached hydrogens (tertiary/aromatic N) is 2. The van der Waals surface area contributed by atoms with Crippen LogP contribution < -0.4 is 5.32 Å². The first-order valence-electron chi connectivity index (χ1n) is 7.89. The summed E-state index contributed by atoms with van der Waals surface area (Å²) in [6, 6.07) is 10.6. The number of guanidine groups is 1. The van der Waals surface area contributed by atoms with Gasteiger partial charge < -0.3 is 15.0 Å². The van der Waals surface area contributed by atoms with Gasteiger partial charge in [0.1, 0.15) is 0 Å². The van der Waals surface area contributed by atoms with Gasteiger partial charge in [0.25, 0.3) is 0 Å². The monoisotopic (exact) mass is 415 g/mol. The molecule has 1 atom stereocenters. The van der Waals surface area contributed by atoms with Crippen LogP contribution in [0.5, 0.6) is 0 Å². The lowest BCUT2D eigenvalue weighted by atomic mass is 9.87. The molecule has 2 saturated heterocycles. The summed E-state index contributed by atoms with van der Waals surface area (Å²) in [6.07, 6.45) is 3.46. The number of aliphatic imine (C=N–C) groups is 1. The molecule has 0 saturated carbocycles. The molecule has 2 heterocycles. The van der Waals surface area contributed by atoms with Crippen LogP contribution in [0.3, 0.4) is 0 Å². The van der Waals surface area contributed by atoms with Crippen LogP contribution in [0.15, 0.2) is 35.3 Å². The van der Waals surface area contributed by atoms with Crippen LogP contribution in [0.4, 0.5) is 0 Å². The molecule has 1 unspecified atom stereocenters. The van der Waals surface area contributed by atoms with Crippen molar-refractivity contribution in [3.05, 3.63) is 35.9 Å². The molecule has 122 valence electrons. The fraction of sp³-hybridized carbons (Fsp3) is 0.588. The van der Waals surface area contributed by atoms with Crippen LogP contribution in [0.2, 0.25) is 0 Å². The van der Waals surface area contributed by atoms with Crippen LogP contribution in [-0.2, 0) is 11.2 Å². The number of ether oxygens (including phenoxy) is 1. The maximum absolute atomic E-state index is 5.60. The van der Waals surface area contributed by atoms with Gasteiger partial charge >= 0.3 is 0 Å². The molecule has 0 aliphatic carbocycles. The lowest BCUT2D eigenvalue weighted by Gasteiger charge is -2.25. The van der Waals surface area contributed by atoms with Crippen molar-refractivity contribution in [3.8, 4) is 0 Å². The zero-order valence-electron chi connectivity index (χ0n) is 13.3. The number of nitrogens with one attached hydrogen (secondary N) is 1. The van der Waals surface area contributed by atoms with Gasteiger partial charge in [-0.2, -0.15) is 0 Å². The molecule has 5 heteroatoms. The smallest absolute Gasteiger partial charge is 0.193 e. The Morgan fingerprint density at radius 3 is 2.82 bits per heavy atom. The Hall–Kier alpha value is -0.820. The molecule has 1 N–H and O–H groups in total. The molecule has 3 rings (SSSR count). The van der Waals surface area contributed by atoms with Crippen molar-refractivity contribution in [1.82, 2.24) is 10.2 Å². The molecule has 2 fully saturated rings. The molecule has 2 aliphatic heterocycles. The van der Waals surface area contributed by atoms with Gasteiger partial charge in [0.2, 0.25) is 0 Å². The highest BCUT2D eigenvalue weighted by atomic mass is 127. The van der Waals surface area contributed by atoms with Gasteiger partial charge in [-0.05, 0) is 24.8 Å². The van der Waals surface area contributed by atoms with Crippen LogP contribution in [0.25, 0.3) is 0 Å². The summed E-state index contributed by atoms with van der Waals surface area (Å²) in [5.41, 5.74) is 1.75. The van der Waals surface area contributed by atoms with E-state index in [4.69, 9.17) is 4.74 Å². The van der Waals surface area contributed by atoms with Crippen LogP contribution >= 0.6 is 24.0 Å². The third-order valence-electron chi connectivity index (χ3n) is 4.67. The fourth-order valence-corrected chi connectivity index (χ4v) is 3.38. The number of benzene rings is 1. The van der Waals surface area contributed by atoms with E-state index < -0.39 is 0 Å². The second-order valence-electron chi connectivity index (χ2n) is 6.18. The summed E-state index contributed by atoms with van der Waals surface area (Å²) in [4.78, 5) is 6.84. The zero-order valence-corrected chi connectivity index (χ0v) is 15.6. The molecular weight excluding hydrogens is 389 g/mol. The number of rotatable bonds is 3. The molecule has 1 aromatic carbocycles. The van der Waals surface area contributed by atoms with Gasteiger partial charge in [-0.3, -0.25) is 4.99 Å². The first kappa shape index (κ1) is 17.5. The minimum absolute atomic E-state index is 0. The van der Waals surface area contributed by atoms with Gasteiger partial charge in [-0.25, -0.2) is 0 Å². The number of hydrogen-bond donors (Lipinski definition) is 1. The van der Waals surface area contributed by atoms with Gasteiger partial charge in [0.15, 0.2) is 5.96 Å². The van der Waals surface area contributed by atoms with E-state index in [2.05, 4.69) is 45.5 Å². The second kappa shape index (κ2) is 8.15. The predicted molar refractivity (Wildman–Crippen MR) is 101 cm³/mol. The Balaban J connectivity index is 0.00000176. The standard InChI is InChI=1S/C17H25N3O.HI/c1-18-16(19-10-7-15-5-3-2-4-6-15)20-11-8-17(13-20)9-12-21-14-17;/h2-6H,7-14H2,1H3,(H,18,19);1H. The van der Waals surface area contributed by atoms with E-state index in [0.29, 0.717) is 5.41 Å². The summed E-state index contributed by atoms with van der Waals surface area (Å²) in [7, 11) is 1.88. The zero-order chi connectivity index (χ0) is 14.5. The van der Waals surface area contributed by atoms with Crippen LogP contribution in [0, 0.1) is 5.41 Å². The van der Waals surface area contributed by atoms with E-state index in [1.54, 1.807) is 0 Å². The largest absolute Gasteiger partial charge is 0.381 e. The summed E-state index contributed by atoms with van der Waals surface area (Å²) >= 11 is 0. The second-order valence-corrected chi connectivity index (χ2v) is 6.18. The Bertz CT molecular complexity index is 486. The molecule has 0 radical (unpaired) electrons. The predicted octanol–water partition coefficient (Wildman–Crippen LogP) is 2.53. The van der Waals surface area contributed by atoms with Gasteiger partial charge in [-0.1, -0.05) is 30.3 Å². The molecule has 0 bridgehead atoms. The average Bonchev–Trinajstić information content (AvgIpc) is 3.15. The number of likely N-dealkylation sites (tertiary alicyclic amines) is 1. The van der Waals surface area contributed by atoms with E-state index in [9.17, 15) is 0 Å². The van der Waals surface area contributed by atoms with Gasteiger partial charge in [0, 0.05) is 38.7 Å². The Morgan fingerprint density at radius 2 is 2.14 bits per heavy atom. The minimum Gasteiger partial charge on any atom is -0.381 e. The Labute approximate surface area is 150 Å². The first-order chi connectivity index (χ1) is 10.3. The van der Waals surface area contributed by atoms with Crippen LogP contribution in [-0.4, -0.2) is 50.8 Å². The molecular formula is C17H26IN3O. The molecule has 0 amide bonds. The third kappa shape index (κ3) is 4.13. The first-order valence-corrected chi connectivity index (χ1v) is 7.89. The maximum Gasteiger partial charge on any atom is 0.193 e. The lowest BCUT2D eigenvalue weighted by Crippen LogP contribution is -2.42. The van der Waals surface area contributed by atoms with E-state index in [1.165, 1.54) is 18.4 Å². The highest BCUT2D eigenvalue weighted by molar-refractivity contribution is 14.0. The van der Waals surface area contributed by atoms with Crippen molar-refractivity contribution >= 4 is 29.9 Å². The Morgan fingerprint density at radius 1 is 1.32 bits per heavy atom. The maximum atomic E-state index is 5.60. The highest BCUT2D eigenvalue weighted by Crippen LogP contribution is 2.38. The van der Waals surface area contributed by atoms with Gasteiger partial charge in [0.05, 0.1) is 6.61 Å². The topological polar surface area (TPSA) is 36.9 Å². The minimum atomic E-state index is 0. The van der Waals surface area contributed by atoms with Crippen molar-refractivity contribution in [1.29, 1.82) is 0 Å². The highest BCUT2D eigenvalue weighted by Gasteiger charge is 2.42. The number of hydrogen-bond acceptors (Lipinski definition) is 2.